The molecule has 0 unspecified atom stereocenters. The quantitative estimate of drug-likeness (QED) is 0.450. The fourth-order valence-corrected chi connectivity index (χ4v) is 7.22. The number of halogens is 4. The van der Waals surface area contributed by atoms with E-state index in [-0.39, 0.29) is 23.7 Å². The number of benzene rings is 1. The van der Waals surface area contributed by atoms with Crippen molar-refractivity contribution in [2.75, 3.05) is 6.54 Å². The van der Waals surface area contributed by atoms with E-state index in [2.05, 4.69) is 14.8 Å². The van der Waals surface area contributed by atoms with Crippen LogP contribution in [0.3, 0.4) is 0 Å². The van der Waals surface area contributed by atoms with Crippen molar-refractivity contribution in [1.29, 1.82) is 0 Å². The molecule has 1 aliphatic carbocycles. The lowest BCUT2D eigenvalue weighted by molar-refractivity contribution is 0.0564. The minimum Gasteiger partial charge on any atom is -0.326 e. The van der Waals surface area contributed by atoms with E-state index >= 15 is 0 Å². The van der Waals surface area contributed by atoms with Gasteiger partial charge in [-0.05, 0) is 31.0 Å². The summed E-state index contributed by atoms with van der Waals surface area (Å²) in [4.78, 5) is 11.2. The van der Waals surface area contributed by atoms with Crippen LogP contribution in [0.25, 0.3) is 5.57 Å². The second kappa shape index (κ2) is 9.22. The number of sulfonamides is 1. The predicted octanol–water partition coefficient (Wildman–Crippen LogP) is 4.60. The van der Waals surface area contributed by atoms with Crippen LogP contribution in [-0.2, 0) is 10.0 Å². The minimum absolute atomic E-state index is 0.121. The van der Waals surface area contributed by atoms with Crippen LogP contribution in [0.15, 0.2) is 52.7 Å². The lowest BCUT2D eigenvalue weighted by Gasteiger charge is -2.32. The molecule has 3 aliphatic rings. The van der Waals surface area contributed by atoms with Crippen LogP contribution < -0.4 is 4.72 Å². The van der Waals surface area contributed by atoms with E-state index in [9.17, 15) is 21.6 Å². The number of thiazole rings is 1. The van der Waals surface area contributed by atoms with Gasteiger partial charge in [0, 0.05) is 58.6 Å². The van der Waals surface area contributed by atoms with Gasteiger partial charge in [-0.3, -0.25) is 4.99 Å². The van der Waals surface area contributed by atoms with E-state index < -0.39 is 39.7 Å². The fraction of sp³-hybridized carbons (Fsp3) is 0.348. The molecule has 8 nitrogen and oxygen atoms in total. The summed E-state index contributed by atoms with van der Waals surface area (Å²) < 4.78 is 69.5. The van der Waals surface area contributed by atoms with Crippen LogP contribution in [-0.4, -0.2) is 51.8 Å². The molecule has 1 saturated heterocycles. The van der Waals surface area contributed by atoms with E-state index in [1.54, 1.807) is 11.6 Å². The molecule has 2 aromatic heterocycles. The monoisotopic (exact) mass is 568 g/mol. The number of amidine groups is 1. The van der Waals surface area contributed by atoms with Crippen molar-refractivity contribution < 1.29 is 21.6 Å². The number of aromatic nitrogens is 3. The predicted molar refractivity (Wildman–Crippen MR) is 133 cm³/mol. The van der Waals surface area contributed by atoms with E-state index in [1.807, 2.05) is 4.90 Å². The Bertz CT molecular complexity index is 1520. The second-order valence-corrected chi connectivity index (χ2v) is 12.3. The summed E-state index contributed by atoms with van der Waals surface area (Å²) in [6.07, 6.45) is 4.34. The molecule has 1 aromatic carbocycles. The van der Waals surface area contributed by atoms with Crippen LogP contribution in [0, 0.1) is 5.82 Å². The number of nitrogens with one attached hydrogen (secondary N) is 1. The lowest BCUT2D eigenvalue weighted by Crippen LogP contribution is -2.40. The maximum atomic E-state index is 13.9. The van der Waals surface area contributed by atoms with Crippen molar-refractivity contribution in [1.82, 2.24) is 24.4 Å². The summed E-state index contributed by atoms with van der Waals surface area (Å²) >= 11 is 7.81. The molecule has 1 saturated carbocycles. The van der Waals surface area contributed by atoms with Crippen LogP contribution >= 0.6 is 22.9 Å². The molecule has 2 fully saturated rings. The molecule has 6 rings (SSSR count). The van der Waals surface area contributed by atoms with Crippen molar-refractivity contribution >= 4 is 44.4 Å². The topological polar surface area (TPSA) is 92.5 Å². The molecule has 0 spiro atoms. The first-order valence-electron chi connectivity index (χ1n) is 11.5. The highest BCUT2D eigenvalue weighted by atomic mass is 35.5. The van der Waals surface area contributed by atoms with E-state index in [4.69, 9.17) is 16.6 Å². The normalized spacial score (nSPS) is 22.1. The summed E-state index contributed by atoms with van der Waals surface area (Å²) in [5.41, 5.74) is 1.89. The van der Waals surface area contributed by atoms with Crippen molar-refractivity contribution in [2.24, 2.45) is 4.99 Å². The molecule has 0 amide bonds. The average molecular weight is 569 g/mol. The summed E-state index contributed by atoms with van der Waals surface area (Å²) in [7, 11) is -3.48. The molecule has 14 heteroatoms. The van der Waals surface area contributed by atoms with Crippen molar-refractivity contribution in [3.05, 3.63) is 74.8 Å². The summed E-state index contributed by atoms with van der Waals surface area (Å²) in [5.74, 6) is -0.0255. The Kier molecular flexibility index (Phi) is 6.13. The third-order valence-electron chi connectivity index (χ3n) is 6.52. The molecule has 37 heavy (non-hydrogen) atoms. The number of fused-ring (bicyclic) bond motifs is 1. The Morgan fingerprint density at radius 2 is 2.03 bits per heavy atom. The Morgan fingerprint density at radius 3 is 2.68 bits per heavy atom. The highest BCUT2D eigenvalue weighted by Crippen LogP contribution is 2.46. The zero-order valence-corrected chi connectivity index (χ0v) is 21.4. The maximum Gasteiger partial charge on any atom is 0.333 e. The number of hydrogen-bond acceptors (Lipinski definition) is 7. The van der Waals surface area contributed by atoms with Crippen LogP contribution in [0.1, 0.15) is 48.1 Å². The molecule has 4 heterocycles. The van der Waals surface area contributed by atoms with E-state index in [0.717, 1.165) is 0 Å². The van der Waals surface area contributed by atoms with Crippen LogP contribution in [0.4, 0.5) is 13.2 Å². The lowest BCUT2D eigenvalue weighted by atomic mass is 9.92. The molecule has 0 bridgehead atoms. The molecular weight excluding hydrogens is 549 g/mol. The SMILES string of the molecule is O=S(=O)(N[C@H]1CC2=C(c3ccn(C(F)F)n3)[C@H](c3ccc(F)cc3Cl)N=C(c3nccs3)N2C1)C1CC1. The zero-order valence-electron chi connectivity index (χ0n) is 19.1. The number of aliphatic imine (C=N–C) groups is 1. The van der Waals surface area contributed by atoms with Gasteiger partial charge >= 0.3 is 6.55 Å². The van der Waals surface area contributed by atoms with Gasteiger partial charge in [-0.2, -0.15) is 13.9 Å². The highest BCUT2D eigenvalue weighted by Gasteiger charge is 2.44. The molecule has 3 aromatic rings. The largest absolute Gasteiger partial charge is 0.333 e. The van der Waals surface area contributed by atoms with E-state index in [1.165, 1.54) is 41.8 Å². The number of alkyl halides is 2. The highest BCUT2D eigenvalue weighted by molar-refractivity contribution is 7.90. The summed E-state index contributed by atoms with van der Waals surface area (Å²) in [6, 6.07) is 4.12. The van der Waals surface area contributed by atoms with Gasteiger partial charge < -0.3 is 4.90 Å². The van der Waals surface area contributed by atoms with Gasteiger partial charge in [0.2, 0.25) is 10.0 Å². The fourth-order valence-electron chi connectivity index (χ4n) is 4.74. The Balaban J connectivity index is 1.51. The Labute approximate surface area is 219 Å². The van der Waals surface area contributed by atoms with Crippen molar-refractivity contribution in [2.45, 2.75) is 43.1 Å². The first kappa shape index (κ1) is 24.6. The van der Waals surface area contributed by atoms with Gasteiger partial charge in [0.05, 0.1) is 10.9 Å². The van der Waals surface area contributed by atoms with Crippen LogP contribution in [0.5, 0.6) is 0 Å². The summed E-state index contributed by atoms with van der Waals surface area (Å²) in [5, 5.41) is 6.21. The van der Waals surface area contributed by atoms with E-state index in [0.29, 0.717) is 45.2 Å². The smallest absolute Gasteiger partial charge is 0.326 e. The van der Waals surface area contributed by atoms with Gasteiger partial charge in [0.25, 0.3) is 0 Å². The number of rotatable bonds is 7. The summed E-state index contributed by atoms with van der Waals surface area (Å²) in [6.45, 7) is -2.56. The Hall–Kier alpha value is -2.74. The van der Waals surface area contributed by atoms with Gasteiger partial charge in [-0.1, -0.05) is 17.7 Å². The molecule has 0 radical (unpaired) electrons. The third-order valence-corrected chi connectivity index (χ3v) is 9.63. The molecule has 2 atom stereocenters. The maximum absolute atomic E-state index is 13.9. The molecule has 1 N–H and O–H groups in total. The van der Waals surface area contributed by atoms with Gasteiger partial charge in [-0.25, -0.2) is 27.2 Å². The van der Waals surface area contributed by atoms with Gasteiger partial charge in [0.15, 0.2) is 10.8 Å². The van der Waals surface area contributed by atoms with Gasteiger partial charge in [-0.15, -0.1) is 11.3 Å². The van der Waals surface area contributed by atoms with Gasteiger partial charge in [0.1, 0.15) is 11.9 Å². The number of hydrogen-bond donors (Lipinski definition) is 1. The first-order valence-corrected chi connectivity index (χ1v) is 14.3. The molecule has 2 aliphatic heterocycles. The van der Waals surface area contributed by atoms with Crippen molar-refractivity contribution in [3.63, 3.8) is 0 Å². The first-order chi connectivity index (χ1) is 17.7. The minimum atomic E-state index is -3.48. The second-order valence-electron chi connectivity index (χ2n) is 9.05. The average Bonchev–Trinajstić information content (AvgIpc) is 3.21. The molecular formula is C23H20ClF3N6O2S2. The van der Waals surface area contributed by atoms with Crippen molar-refractivity contribution in [3.8, 4) is 0 Å². The zero-order chi connectivity index (χ0) is 25.9. The van der Waals surface area contributed by atoms with Crippen LogP contribution in [0.2, 0.25) is 5.02 Å². The third kappa shape index (κ3) is 4.58. The standard InChI is InChI=1S/C23H20ClF3N6O2S2/c24-16-9-12(25)1-4-15(16)20-19(17-5-7-33(30-17)23(26)27)18-10-13(31-37(34,35)14-2-3-14)11-32(18)21(29-20)22-28-6-8-36-22/h1,4-9,13-14,20,23,31H,2-3,10-11H2/t13-,20-/m0/s1. The Morgan fingerprint density at radius 1 is 1.22 bits per heavy atom. The molecule has 194 valence electrons. The number of nitrogens with zero attached hydrogens (tertiary/aromatic N) is 5.